The predicted molar refractivity (Wildman–Crippen MR) is 77.9 cm³/mol. The van der Waals surface area contributed by atoms with Crippen LogP contribution in [0.4, 0.5) is 13.2 Å². The molecule has 0 radical (unpaired) electrons. The quantitative estimate of drug-likeness (QED) is 0.701. The summed E-state index contributed by atoms with van der Waals surface area (Å²) in [5, 5.41) is 13.1. The van der Waals surface area contributed by atoms with Gasteiger partial charge < -0.3 is 15.7 Å². The Morgan fingerprint density at radius 3 is 2.17 bits per heavy atom. The minimum absolute atomic E-state index is 0.384. The van der Waals surface area contributed by atoms with Gasteiger partial charge in [0.05, 0.1) is 18.9 Å². The molecule has 2 atom stereocenters. The first-order valence-corrected chi connectivity index (χ1v) is 6.99. The molecule has 0 aliphatic heterocycles. The van der Waals surface area contributed by atoms with E-state index in [4.69, 9.17) is 5.11 Å². The number of carbonyl (C=O) groups excluding carboxylic acids is 2. The van der Waals surface area contributed by atoms with Crippen molar-refractivity contribution in [1.29, 1.82) is 0 Å². The zero-order valence-corrected chi connectivity index (χ0v) is 12.8. The van der Waals surface area contributed by atoms with Crippen LogP contribution < -0.4 is 10.6 Å². The number of rotatable bonds is 7. The topological polar surface area (TPSA) is 95.5 Å². The molecular formula is C15H17F3N2O4. The van der Waals surface area contributed by atoms with E-state index in [0.717, 1.165) is 0 Å². The zero-order chi connectivity index (χ0) is 18.3. The van der Waals surface area contributed by atoms with E-state index in [2.05, 4.69) is 5.32 Å². The molecule has 1 aromatic rings. The summed E-state index contributed by atoms with van der Waals surface area (Å²) in [6.45, 7) is 1.23. The van der Waals surface area contributed by atoms with Gasteiger partial charge in [0.25, 0.3) is 0 Å². The smallest absolute Gasteiger partial charge is 0.391 e. The Morgan fingerprint density at radius 1 is 1.12 bits per heavy atom. The van der Waals surface area contributed by atoms with Crippen molar-refractivity contribution in [3.05, 3.63) is 35.9 Å². The van der Waals surface area contributed by atoms with Gasteiger partial charge in [-0.2, -0.15) is 13.2 Å². The zero-order valence-electron chi connectivity index (χ0n) is 12.8. The lowest BCUT2D eigenvalue weighted by Gasteiger charge is -2.20. The molecular weight excluding hydrogens is 329 g/mol. The fourth-order valence-corrected chi connectivity index (χ4v) is 2.05. The summed E-state index contributed by atoms with van der Waals surface area (Å²) < 4.78 is 37.0. The number of halogens is 3. The van der Waals surface area contributed by atoms with Gasteiger partial charge in [0.1, 0.15) is 6.04 Å². The second-order valence-electron chi connectivity index (χ2n) is 5.15. The molecule has 0 fully saturated rings. The number of carboxylic acid groups (broad SMARTS) is 1. The number of aliphatic carboxylic acids is 1. The monoisotopic (exact) mass is 346 g/mol. The Labute approximate surface area is 136 Å². The summed E-state index contributed by atoms with van der Waals surface area (Å²) in [6, 6.07) is 5.49. The second-order valence-corrected chi connectivity index (χ2v) is 5.15. The van der Waals surface area contributed by atoms with E-state index in [9.17, 15) is 27.6 Å². The number of hydrogen-bond acceptors (Lipinski definition) is 3. The van der Waals surface area contributed by atoms with E-state index in [-0.39, 0.29) is 6.42 Å². The Bertz CT molecular complexity index is 590. The second kappa shape index (κ2) is 8.32. The van der Waals surface area contributed by atoms with Gasteiger partial charge in [-0.15, -0.1) is 0 Å². The van der Waals surface area contributed by atoms with Crippen LogP contribution >= 0.6 is 0 Å². The molecule has 1 aromatic carbocycles. The third-order valence-electron chi connectivity index (χ3n) is 3.04. The van der Waals surface area contributed by atoms with E-state index in [0.29, 0.717) is 5.56 Å². The molecule has 0 aromatic heterocycles. The first-order chi connectivity index (χ1) is 11.1. The van der Waals surface area contributed by atoms with E-state index in [1.165, 1.54) is 6.92 Å². The van der Waals surface area contributed by atoms with Crippen molar-refractivity contribution >= 4 is 17.8 Å². The van der Waals surface area contributed by atoms with Crippen LogP contribution in [-0.4, -0.2) is 35.1 Å². The molecule has 1 rings (SSSR count). The van der Waals surface area contributed by atoms with Crippen molar-refractivity contribution < 1.29 is 32.7 Å². The Kier molecular flexibility index (Phi) is 6.75. The maximum absolute atomic E-state index is 12.3. The Hall–Kier alpha value is -2.58. The van der Waals surface area contributed by atoms with Crippen LogP contribution in [0.3, 0.4) is 0 Å². The number of carbonyl (C=O) groups is 3. The van der Waals surface area contributed by atoms with Crippen LogP contribution in [0.2, 0.25) is 0 Å². The summed E-state index contributed by atoms with van der Waals surface area (Å²) in [6.07, 6.45) is -6.79. The molecule has 0 bridgehead atoms. The molecule has 132 valence electrons. The van der Waals surface area contributed by atoms with Crippen molar-refractivity contribution in [1.82, 2.24) is 10.6 Å². The first kappa shape index (κ1) is 19.5. The maximum Gasteiger partial charge on any atom is 0.391 e. The van der Waals surface area contributed by atoms with Crippen molar-refractivity contribution in [2.75, 3.05) is 0 Å². The standard InChI is InChI=1S/C15H17F3N2O4/c1-9(21)19-11(10-5-3-2-4-6-10)7-13(22)20-12(14(23)24)8-15(16,17)18/h2-6,11-12H,7-8H2,1H3,(H,19,21)(H,20,22)(H,23,24). The minimum Gasteiger partial charge on any atom is -0.480 e. The molecule has 0 aliphatic rings. The highest BCUT2D eigenvalue weighted by atomic mass is 19.4. The summed E-state index contributed by atoms with van der Waals surface area (Å²) in [5.74, 6) is -3.12. The number of alkyl halides is 3. The minimum atomic E-state index is -4.73. The maximum atomic E-state index is 12.3. The average molecular weight is 346 g/mol. The predicted octanol–water partition coefficient (Wildman–Crippen LogP) is 1.78. The molecule has 24 heavy (non-hydrogen) atoms. The van der Waals surface area contributed by atoms with Gasteiger partial charge in [-0.3, -0.25) is 9.59 Å². The largest absolute Gasteiger partial charge is 0.480 e. The Morgan fingerprint density at radius 2 is 1.71 bits per heavy atom. The van der Waals surface area contributed by atoms with Crippen LogP contribution in [0.1, 0.15) is 31.4 Å². The van der Waals surface area contributed by atoms with Crippen LogP contribution in [0.15, 0.2) is 30.3 Å². The first-order valence-electron chi connectivity index (χ1n) is 6.99. The van der Waals surface area contributed by atoms with Crippen molar-refractivity contribution in [2.24, 2.45) is 0 Å². The average Bonchev–Trinajstić information content (AvgIpc) is 2.44. The van der Waals surface area contributed by atoms with Crippen LogP contribution in [0, 0.1) is 0 Å². The molecule has 9 heteroatoms. The van der Waals surface area contributed by atoms with Gasteiger partial charge in [0.2, 0.25) is 11.8 Å². The molecule has 6 nitrogen and oxygen atoms in total. The van der Waals surface area contributed by atoms with Gasteiger partial charge in [-0.05, 0) is 5.56 Å². The number of hydrogen-bond donors (Lipinski definition) is 3. The lowest BCUT2D eigenvalue weighted by molar-refractivity contribution is -0.160. The van der Waals surface area contributed by atoms with Crippen molar-refractivity contribution in [3.8, 4) is 0 Å². The van der Waals surface area contributed by atoms with E-state index >= 15 is 0 Å². The highest BCUT2D eigenvalue weighted by Gasteiger charge is 2.36. The Balaban J connectivity index is 2.80. The highest BCUT2D eigenvalue weighted by Crippen LogP contribution is 2.22. The summed E-state index contributed by atoms with van der Waals surface area (Å²) in [5.41, 5.74) is 0.575. The molecule has 2 amide bonds. The van der Waals surface area contributed by atoms with E-state index < -0.39 is 42.5 Å². The number of amides is 2. The van der Waals surface area contributed by atoms with Crippen LogP contribution in [0.5, 0.6) is 0 Å². The lowest BCUT2D eigenvalue weighted by atomic mass is 10.0. The van der Waals surface area contributed by atoms with E-state index in [1.807, 2.05) is 5.32 Å². The molecule has 0 aliphatic carbocycles. The normalized spacial score (nSPS) is 13.7. The van der Waals surface area contributed by atoms with Crippen LogP contribution in [-0.2, 0) is 14.4 Å². The van der Waals surface area contributed by atoms with Gasteiger partial charge in [-0.1, -0.05) is 30.3 Å². The molecule has 3 N–H and O–H groups in total. The third kappa shape index (κ3) is 7.12. The van der Waals surface area contributed by atoms with Crippen molar-refractivity contribution in [3.63, 3.8) is 0 Å². The molecule has 2 unspecified atom stereocenters. The van der Waals surface area contributed by atoms with Gasteiger partial charge in [0, 0.05) is 6.92 Å². The third-order valence-corrected chi connectivity index (χ3v) is 3.04. The SMILES string of the molecule is CC(=O)NC(CC(=O)NC(CC(F)(F)F)C(=O)O)c1ccccc1. The molecule has 0 saturated heterocycles. The fourth-order valence-electron chi connectivity index (χ4n) is 2.05. The summed E-state index contributed by atoms with van der Waals surface area (Å²) in [7, 11) is 0. The fraction of sp³-hybridized carbons (Fsp3) is 0.400. The van der Waals surface area contributed by atoms with Crippen molar-refractivity contribution in [2.45, 2.75) is 38.0 Å². The molecule has 0 saturated carbocycles. The lowest BCUT2D eigenvalue weighted by Crippen LogP contribution is -2.44. The van der Waals surface area contributed by atoms with Gasteiger partial charge in [0.15, 0.2) is 0 Å². The summed E-state index contributed by atoms with van der Waals surface area (Å²) in [4.78, 5) is 34.0. The number of carboxylic acids is 1. The van der Waals surface area contributed by atoms with Gasteiger partial charge >= 0.3 is 12.1 Å². The van der Waals surface area contributed by atoms with Gasteiger partial charge in [-0.25, -0.2) is 4.79 Å². The highest BCUT2D eigenvalue weighted by molar-refractivity contribution is 5.84. The number of benzene rings is 1. The molecule has 0 spiro atoms. The number of nitrogens with one attached hydrogen (secondary N) is 2. The van der Waals surface area contributed by atoms with Crippen LogP contribution in [0.25, 0.3) is 0 Å². The van der Waals surface area contributed by atoms with E-state index in [1.54, 1.807) is 30.3 Å². The molecule has 0 heterocycles. The summed E-state index contributed by atoms with van der Waals surface area (Å²) >= 11 is 0.